The van der Waals surface area contributed by atoms with Gasteiger partial charge in [0.05, 0.1) is 24.2 Å². The molecule has 2 rings (SSSR count). The van der Waals surface area contributed by atoms with Crippen molar-refractivity contribution in [1.82, 2.24) is 0 Å². The van der Waals surface area contributed by atoms with E-state index >= 15 is 0 Å². The van der Waals surface area contributed by atoms with Gasteiger partial charge in [0.25, 0.3) is 5.91 Å². The Labute approximate surface area is 149 Å². The van der Waals surface area contributed by atoms with Crippen LogP contribution in [-0.4, -0.2) is 19.0 Å². The Morgan fingerprint density at radius 2 is 1.73 bits per heavy atom. The van der Waals surface area contributed by atoms with Gasteiger partial charge >= 0.3 is 6.18 Å². The fourth-order valence-electron chi connectivity index (χ4n) is 2.39. The number of nitrogens with zero attached hydrogens (tertiary/aromatic N) is 1. The van der Waals surface area contributed by atoms with Crippen molar-refractivity contribution >= 4 is 11.6 Å². The van der Waals surface area contributed by atoms with Gasteiger partial charge in [-0.05, 0) is 43.3 Å². The molecule has 0 saturated heterocycles. The molecule has 0 aromatic heterocycles. The summed E-state index contributed by atoms with van der Waals surface area (Å²) in [6.45, 7) is 2.17. The highest BCUT2D eigenvalue weighted by molar-refractivity contribution is 5.93. The maximum atomic E-state index is 12.6. The second-order valence-corrected chi connectivity index (χ2v) is 6.12. The van der Waals surface area contributed by atoms with Crippen molar-refractivity contribution in [3.63, 3.8) is 0 Å². The molecule has 2 aromatic carbocycles. The first-order chi connectivity index (χ1) is 12.2. The average molecular weight is 362 g/mol. The molecule has 4 nitrogen and oxygen atoms in total. The highest BCUT2D eigenvalue weighted by Crippen LogP contribution is 2.28. The van der Waals surface area contributed by atoms with Crippen LogP contribution in [0.15, 0.2) is 48.5 Å². The van der Waals surface area contributed by atoms with E-state index in [1.807, 2.05) is 6.07 Å². The van der Waals surface area contributed by atoms with Crippen LogP contribution in [0.2, 0.25) is 0 Å². The molecule has 1 amide bonds. The van der Waals surface area contributed by atoms with Crippen LogP contribution in [-0.2, 0) is 17.5 Å². The quantitative estimate of drug-likeness (QED) is 0.859. The van der Waals surface area contributed by atoms with Gasteiger partial charge in [-0.1, -0.05) is 12.1 Å². The van der Waals surface area contributed by atoms with Gasteiger partial charge in [-0.3, -0.25) is 4.79 Å². The van der Waals surface area contributed by atoms with Crippen LogP contribution in [0.25, 0.3) is 0 Å². The van der Waals surface area contributed by atoms with E-state index in [0.29, 0.717) is 23.4 Å². The largest absolute Gasteiger partial charge is 0.416 e. The van der Waals surface area contributed by atoms with Gasteiger partial charge in [-0.15, -0.1) is 0 Å². The van der Waals surface area contributed by atoms with E-state index in [0.717, 1.165) is 17.0 Å². The highest BCUT2D eigenvalue weighted by atomic mass is 19.4. The summed E-state index contributed by atoms with van der Waals surface area (Å²) in [5, 5.41) is 11.5. The molecule has 2 aromatic rings. The number of hydrogen-bond acceptors (Lipinski definition) is 2. The summed E-state index contributed by atoms with van der Waals surface area (Å²) in [6, 6.07) is 13.1. The number of amides is 1. The van der Waals surface area contributed by atoms with Crippen LogP contribution in [0.5, 0.6) is 0 Å². The first kappa shape index (κ1) is 19.5. The minimum atomic E-state index is -4.36. The summed E-state index contributed by atoms with van der Waals surface area (Å²) < 4.78 is 37.8. The summed E-state index contributed by atoms with van der Waals surface area (Å²) in [6.07, 6.45) is -4.36. The SMILES string of the molecule is C[C@@H](C(=O)Nc1ccc(C#N)cc1)[NH+](C)Cc1ccc(C(F)(F)F)cc1. The number of carbonyl (C=O) groups excluding carboxylic acids is 1. The molecule has 2 atom stereocenters. The lowest BCUT2D eigenvalue weighted by Crippen LogP contribution is -3.12. The Hall–Kier alpha value is -2.85. The van der Waals surface area contributed by atoms with Gasteiger partial charge in [0, 0.05) is 11.3 Å². The van der Waals surface area contributed by atoms with Gasteiger partial charge in [-0.25, -0.2) is 0 Å². The summed E-state index contributed by atoms with van der Waals surface area (Å²) >= 11 is 0. The standard InChI is InChI=1S/C19H18F3N3O/c1-13(18(26)24-17-9-5-14(11-23)6-10-17)25(2)12-15-3-7-16(8-4-15)19(20,21)22/h3-10,13H,12H2,1-2H3,(H,24,26)/p+1/t13-/m0/s1. The molecule has 0 aliphatic carbocycles. The molecular formula is C19H19F3N3O+. The molecule has 0 spiro atoms. The van der Waals surface area contributed by atoms with Gasteiger partial charge < -0.3 is 10.2 Å². The number of carbonyl (C=O) groups is 1. The Bertz CT molecular complexity index is 793. The van der Waals surface area contributed by atoms with Crippen LogP contribution in [0.3, 0.4) is 0 Å². The number of alkyl halides is 3. The monoisotopic (exact) mass is 362 g/mol. The third-order valence-corrected chi connectivity index (χ3v) is 4.18. The highest BCUT2D eigenvalue weighted by Gasteiger charge is 2.30. The number of rotatable bonds is 5. The normalized spacial score (nSPS) is 13.5. The zero-order valence-electron chi connectivity index (χ0n) is 14.4. The smallest absolute Gasteiger partial charge is 0.324 e. The number of hydrogen-bond donors (Lipinski definition) is 2. The number of anilines is 1. The lowest BCUT2D eigenvalue weighted by molar-refractivity contribution is -0.907. The van der Waals surface area contributed by atoms with Crippen LogP contribution < -0.4 is 10.2 Å². The number of nitriles is 1. The average Bonchev–Trinajstić information content (AvgIpc) is 2.61. The van der Waals surface area contributed by atoms with E-state index in [9.17, 15) is 18.0 Å². The lowest BCUT2D eigenvalue weighted by Gasteiger charge is -2.21. The van der Waals surface area contributed by atoms with E-state index in [4.69, 9.17) is 5.26 Å². The molecular weight excluding hydrogens is 343 g/mol. The van der Waals surface area contributed by atoms with Crippen LogP contribution >= 0.6 is 0 Å². The lowest BCUT2D eigenvalue weighted by atomic mass is 10.1. The molecule has 0 saturated carbocycles. The van der Waals surface area contributed by atoms with Crippen molar-refractivity contribution in [2.24, 2.45) is 0 Å². The molecule has 136 valence electrons. The fourth-order valence-corrected chi connectivity index (χ4v) is 2.39. The molecule has 2 N–H and O–H groups in total. The summed E-state index contributed by atoms with van der Waals surface area (Å²) in [5.74, 6) is -0.209. The topological polar surface area (TPSA) is 57.3 Å². The summed E-state index contributed by atoms with van der Waals surface area (Å²) in [5.41, 5.74) is 1.11. The van der Waals surface area contributed by atoms with Crippen molar-refractivity contribution in [1.29, 1.82) is 5.26 Å². The van der Waals surface area contributed by atoms with Gasteiger partial charge in [0.2, 0.25) is 0 Å². The van der Waals surface area contributed by atoms with E-state index < -0.39 is 17.8 Å². The van der Waals surface area contributed by atoms with Crippen molar-refractivity contribution in [2.75, 3.05) is 12.4 Å². The first-order valence-corrected chi connectivity index (χ1v) is 8.00. The minimum Gasteiger partial charge on any atom is -0.324 e. The molecule has 1 unspecified atom stereocenters. The molecule has 26 heavy (non-hydrogen) atoms. The first-order valence-electron chi connectivity index (χ1n) is 8.00. The zero-order chi connectivity index (χ0) is 19.3. The number of benzene rings is 2. The van der Waals surface area contributed by atoms with Crippen molar-refractivity contribution in [3.8, 4) is 6.07 Å². The van der Waals surface area contributed by atoms with Crippen LogP contribution in [0.1, 0.15) is 23.6 Å². The zero-order valence-corrected chi connectivity index (χ0v) is 14.4. The second kappa shape index (κ2) is 8.02. The van der Waals surface area contributed by atoms with Crippen molar-refractivity contribution in [3.05, 3.63) is 65.2 Å². The summed E-state index contributed by atoms with van der Waals surface area (Å²) in [4.78, 5) is 13.2. The minimum absolute atomic E-state index is 0.209. The Morgan fingerprint density at radius 1 is 1.15 bits per heavy atom. The molecule has 7 heteroatoms. The number of nitrogens with one attached hydrogen (secondary N) is 2. The second-order valence-electron chi connectivity index (χ2n) is 6.12. The van der Waals surface area contributed by atoms with E-state index in [-0.39, 0.29) is 5.91 Å². The fraction of sp³-hybridized carbons (Fsp3) is 0.263. The Balaban J connectivity index is 1.96. The van der Waals surface area contributed by atoms with E-state index in [1.54, 1.807) is 38.2 Å². The van der Waals surface area contributed by atoms with Crippen molar-refractivity contribution in [2.45, 2.75) is 25.7 Å². The molecule has 0 heterocycles. The Morgan fingerprint density at radius 3 is 2.23 bits per heavy atom. The number of likely N-dealkylation sites (N-methyl/N-ethyl adjacent to an activating group) is 1. The van der Waals surface area contributed by atoms with E-state index in [2.05, 4.69) is 5.32 Å². The van der Waals surface area contributed by atoms with Gasteiger partial charge in [0.15, 0.2) is 6.04 Å². The number of halogens is 3. The predicted molar refractivity (Wildman–Crippen MR) is 91.3 cm³/mol. The third-order valence-electron chi connectivity index (χ3n) is 4.18. The van der Waals surface area contributed by atoms with Crippen LogP contribution in [0.4, 0.5) is 18.9 Å². The summed E-state index contributed by atoms with van der Waals surface area (Å²) in [7, 11) is 1.81. The van der Waals surface area contributed by atoms with Gasteiger partial charge in [-0.2, -0.15) is 18.4 Å². The molecule has 0 fully saturated rings. The predicted octanol–water partition coefficient (Wildman–Crippen LogP) is 2.62. The maximum Gasteiger partial charge on any atom is 0.416 e. The Kier molecular flexibility index (Phi) is 6.01. The van der Waals surface area contributed by atoms with Gasteiger partial charge in [0.1, 0.15) is 6.54 Å². The number of quaternary nitrogens is 1. The van der Waals surface area contributed by atoms with Crippen molar-refractivity contribution < 1.29 is 22.9 Å². The van der Waals surface area contributed by atoms with E-state index in [1.165, 1.54) is 12.1 Å². The maximum absolute atomic E-state index is 12.6. The molecule has 0 aliphatic heterocycles. The third kappa shape index (κ3) is 5.07. The molecule has 0 bridgehead atoms. The van der Waals surface area contributed by atoms with Crippen LogP contribution in [0, 0.1) is 11.3 Å². The molecule has 0 radical (unpaired) electrons. The molecule has 0 aliphatic rings.